The molecule has 0 spiro atoms. The molecule has 1 aromatic carbocycles. The minimum absolute atomic E-state index is 0.148. The summed E-state index contributed by atoms with van der Waals surface area (Å²) in [4.78, 5) is 6.82. The van der Waals surface area contributed by atoms with Gasteiger partial charge in [0.25, 0.3) is 0 Å². The lowest BCUT2D eigenvalue weighted by Crippen LogP contribution is -2.38. The topological polar surface area (TPSA) is 48.9 Å². The Hall–Kier alpha value is -2.01. The Morgan fingerprint density at radius 1 is 1.36 bits per heavy atom. The number of benzene rings is 1. The molecule has 2 N–H and O–H groups in total. The Bertz CT molecular complexity index is 485. The van der Waals surface area contributed by atoms with Crippen LogP contribution in [0.25, 0.3) is 0 Å². The molecule has 0 heterocycles. The van der Waals surface area contributed by atoms with Crippen molar-refractivity contribution in [1.29, 1.82) is 0 Å². The van der Waals surface area contributed by atoms with Crippen LogP contribution in [0.4, 0.5) is 0 Å². The van der Waals surface area contributed by atoms with E-state index in [2.05, 4.69) is 54.2 Å². The average Bonchev–Trinajstić information content (AvgIpc) is 2.52. The van der Waals surface area contributed by atoms with E-state index in [1.54, 1.807) is 7.11 Å². The summed E-state index contributed by atoms with van der Waals surface area (Å²) in [5.41, 5.74) is 1.14. The maximum absolute atomic E-state index is 5.48. The smallest absolute Gasteiger partial charge is 0.191 e. The standard InChI is InChI=1S/C17H28N4O/c1-6-12-19-17(18-7-2)20-13-15(21(3)4)14-10-8-9-11-16(14)22-5/h6,8-11,15H,1,7,12-13H2,2-5H3,(H2,18,19,20). The van der Waals surface area contributed by atoms with Crippen molar-refractivity contribution in [2.45, 2.75) is 13.0 Å². The van der Waals surface area contributed by atoms with Crippen molar-refractivity contribution in [2.75, 3.05) is 40.8 Å². The van der Waals surface area contributed by atoms with Gasteiger partial charge in [-0.3, -0.25) is 4.99 Å². The highest BCUT2D eigenvalue weighted by atomic mass is 16.5. The lowest BCUT2D eigenvalue weighted by atomic mass is 10.0. The van der Waals surface area contributed by atoms with E-state index in [0.717, 1.165) is 23.8 Å². The summed E-state index contributed by atoms with van der Waals surface area (Å²) in [7, 11) is 5.80. The highest BCUT2D eigenvalue weighted by Crippen LogP contribution is 2.27. The molecule has 22 heavy (non-hydrogen) atoms. The van der Waals surface area contributed by atoms with Gasteiger partial charge in [-0.2, -0.15) is 0 Å². The lowest BCUT2D eigenvalue weighted by molar-refractivity contribution is 0.295. The van der Waals surface area contributed by atoms with Gasteiger partial charge in [0.05, 0.1) is 19.7 Å². The van der Waals surface area contributed by atoms with Gasteiger partial charge in [-0.05, 0) is 27.1 Å². The molecule has 0 amide bonds. The zero-order valence-corrected chi connectivity index (χ0v) is 14.1. The predicted octanol–water partition coefficient (Wildman–Crippen LogP) is 2.04. The maximum atomic E-state index is 5.48. The van der Waals surface area contributed by atoms with Gasteiger partial charge in [0.2, 0.25) is 0 Å². The lowest BCUT2D eigenvalue weighted by Gasteiger charge is -2.25. The SMILES string of the molecule is C=CCNC(=NCC(c1ccccc1OC)N(C)C)NCC. The minimum atomic E-state index is 0.148. The van der Waals surface area contributed by atoms with Crippen LogP contribution >= 0.6 is 0 Å². The number of hydrogen-bond donors (Lipinski definition) is 2. The van der Waals surface area contributed by atoms with Crippen molar-refractivity contribution in [3.8, 4) is 5.75 Å². The number of guanidine groups is 1. The molecule has 5 nitrogen and oxygen atoms in total. The Morgan fingerprint density at radius 2 is 2.09 bits per heavy atom. The summed E-state index contributed by atoms with van der Waals surface area (Å²) >= 11 is 0. The van der Waals surface area contributed by atoms with E-state index in [1.807, 2.05) is 24.3 Å². The van der Waals surface area contributed by atoms with Crippen LogP contribution in [0.3, 0.4) is 0 Å². The molecule has 122 valence electrons. The summed E-state index contributed by atoms with van der Waals surface area (Å²) in [6.07, 6.45) is 1.82. The summed E-state index contributed by atoms with van der Waals surface area (Å²) in [5, 5.41) is 6.45. The first-order valence-electron chi connectivity index (χ1n) is 7.56. The van der Waals surface area contributed by atoms with Gasteiger partial charge < -0.3 is 20.3 Å². The van der Waals surface area contributed by atoms with Crippen molar-refractivity contribution in [2.24, 2.45) is 4.99 Å². The minimum Gasteiger partial charge on any atom is -0.496 e. The molecule has 1 atom stereocenters. The van der Waals surface area contributed by atoms with Crippen molar-refractivity contribution < 1.29 is 4.74 Å². The molecule has 1 aromatic rings. The Labute approximate surface area is 134 Å². The van der Waals surface area contributed by atoms with Crippen molar-refractivity contribution in [3.05, 3.63) is 42.5 Å². The molecule has 0 aliphatic rings. The second-order valence-electron chi connectivity index (χ2n) is 5.11. The molecule has 1 rings (SSSR count). The van der Waals surface area contributed by atoms with E-state index < -0.39 is 0 Å². The number of ether oxygens (including phenoxy) is 1. The second-order valence-corrected chi connectivity index (χ2v) is 5.11. The summed E-state index contributed by atoms with van der Waals surface area (Å²) in [5.74, 6) is 1.68. The number of nitrogens with zero attached hydrogens (tertiary/aromatic N) is 2. The monoisotopic (exact) mass is 304 g/mol. The summed E-state index contributed by atoms with van der Waals surface area (Å²) in [6, 6.07) is 8.22. The molecule has 1 unspecified atom stereocenters. The van der Waals surface area contributed by atoms with Gasteiger partial charge in [0, 0.05) is 18.7 Å². The number of para-hydroxylation sites is 1. The average molecular weight is 304 g/mol. The zero-order chi connectivity index (χ0) is 16.4. The second kappa shape index (κ2) is 9.84. The molecule has 0 aliphatic carbocycles. The Kier molecular flexibility index (Phi) is 8.07. The number of aliphatic imine (C=N–C) groups is 1. The van der Waals surface area contributed by atoms with E-state index in [-0.39, 0.29) is 6.04 Å². The van der Waals surface area contributed by atoms with Crippen LogP contribution in [0.15, 0.2) is 41.9 Å². The summed E-state index contributed by atoms with van der Waals surface area (Å²) in [6.45, 7) is 7.92. The van der Waals surface area contributed by atoms with Crippen molar-refractivity contribution in [1.82, 2.24) is 15.5 Å². The molecule has 0 saturated heterocycles. The van der Waals surface area contributed by atoms with E-state index in [9.17, 15) is 0 Å². The zero-order valence-electron chi connectivity index (χ0n) is 14.1. The van der Waals surface area contributed by atoms with Gasteiger partial charge >= 0.3 is 0 Å². The Balaban J connectivity index is 2.93. The molecule has 0 saturated carbocycles. The first-order chi connectivity index (χ1) is 10.6. The molecule has 0 aromatic heterocycles. The third-order valence-electron chi connectivity index (χ3n) is 3.30. The van der Waals surface area contributed by atoms with Gasteiger partial charge in [0.15, 0.2) is 5.96 Å². The largest absolute Gasteiger partial charge is 0.496 e. The van der Waals surface area contributed by atoms with E-state index in [0.29, 0.717) is 13.1 Å². The van der Waals surface area contributed by atoms with Crippen molar-refractivity contribution >= 4 is 5.96 Å². The number of nitrogens with one attached hydrogen (secondary N) is 2. The van der Waals surface area contributed by atoms with Crippen LogP contribution < -0.4 is 15.4 Å². The fourth-order valence-corrected chi connectivity index (χ4v) is 2.17. The fraction of sp³-hybridized carbons (Fsp3) is 0.471. The van der Waals surface area contributed by atoms with Crippen LogP contribution in [0.5, 0.6) is 5.75 Å². The molecule has 0 aliphatic heterocycles. The fourth-order valence-electron chi connectivity index (χ4n) is 2.17. The van der Waals surface area contributed by atoms with Crippen molar-refractivity contribution in [3.63, 3.8) is 0 Å². The van der Waals surface area contributed by atoms with Gasteiger partial charge in [-0.25, -0.2) is 0 Å². The quantitative estimate of drug-likeness (QED) is 0.438. The molecular formula is C17H28N4O. The van der Waals surface area contributed by atoms with E-state index in [1.165, 1.54) is 0 Å². The number of methoxy groups -OCH3 is 1. The molecule has 5 heteroatoms. The van der Waals surface area contributed by atoms with E-state index >= 15 is 0 Å². The third kappa shape index (κ3) is 5.41. The first-order valence-corrected chi connectivity index (χ1v) is 7.56. The van der Waals surface area contributed by atoms with Gasteiger partial charge in [-0.1, -0.05) is 24.3 Å². The maximum Gasteiger partial charge on any atom is 0.191 e. The van der Waals surface area contributed by atoms with Crippen LogP contribution in [0.1, 0.15) is 18.5 Å². The van der Waals surface area contributed by atoms with E-state index in [4.69, 9.17) is 4.74 Å². The molecule has 0 radical (unpaired) electrons. The van der Waals surface area contributed by atoms with Crippen LogP contribution in [0, 0.1) is 0 Å². The van der Waals surface area contributed by atoms with Gasteiger partial charge in [-0.15, -0.1) is 6.58 Å². The number of likely N-dealkylation sites (N-methyl/N-ethyl adjacent to an activating group) is 1. The molecule has 0 bridgehead atoms. The highest BCUT2D eigenvalue weighted by molar-refractivity contribution is 5.79. The Morgan fingerprint density at radius 3 is 2.68 bits per heavy atom. The first kappa shape index (κ1) is 18.0. The molecule has 0 fully saturated rings. The normalized spacial score (nSPS) is 12.9. The predicted molar refractivity (Wildman–Crippen MR) is 93.6 cm³/mol. The molecular weight excluding hydrogens is 276 g/mol. The highest BCUT2D eigenvalue weighted by Gasteiger charge is 2.17. The summed E-state index contributed by atoms with van der Waals surface area (Å²) < 4.78 is 5.48. The van der Waals surface area contributed by atoms with Gasteiger partial charge in [0.1, 0.15) is 5.75 Å². The third-order valence-corrected chi connectivity index (χ3v) is 3.30. The van der Waals surface area contributed by atoms with Crippen LogP contribution in [-0.4, -0.2) is 51.7 Å². The number of hydrogen-bond acceptors (Lipinski definition) is 3. The van der Waals surface area contributed by atoms with Crippen LogP contribution in [-0.2, 0) is 0 Å². The van der Waals surface area contributed by atoms with Crippen LogP contribution in [0.2, 0.25) is 0 Å². The number of rotatable bonds is 8.